The Bertz CT molecular complexity index is 93.8. The second-order valence-electron chi connectivity index (χ2n) is 3.74. The van der Waals surface area contributed by atoms with Crippen LogP contribution in [0.1, 0.15) is 40.0 Å². The van der Waals surface area contributed by atoms with E-state index in [1.165, 1.54) is 12.8 Å². The number of unbranched alkanes of at least 4 members (excludes halogenated alkanes) is 2. The highest BCUT2D eigenvalue weighted by molar-refractivity contribution is 6.17. The monoisotopic (exact) mass is 191 g/mol. The standard InChI is InChI=1S/C10H22ClN/c1-9(2)10(3)12-8-6-4-5-7-11/h9-10,12H,4-8H2,1-3H3/t10-/m1/s1. The fraction of sp³-hybridized carbons (Fsp3) is 1.00. The smallest absolute Gasteiger partial charge is 0.0223 e. The molecule has 0 saturated heterocycles. The molecule has 1 N–H and O–H groups in total. The van der Waals surface area contributed by atoms with Crippen molar-refractivity contribution >= 4 is 11.6 Å². The lowest BCUT2D eigenvalue weighted by Gasteiger charge is -2.16. The number of hydrogen-bond acceptors (Lipinski definition) is 1. The van der Waals surface area contributed by atoms with Crippen LogP contribution in [0.15, 0.2) is 0 Å². The second kappa shape index (κ2) is 7.88. The second-order valence-corrected chi connectivity index (χ2v) is 4.11. The third-order valence-corrected chi connectivity index (χ3v) is 2.54. The van der Waals surface area contributed by atoms with Crippen molar-refractivity contribution < 1.29 is 0 Å². The third-order valence-electron chi connectivity index (χ3n) is 2.28. The van der Waals surface area contributed by atoms with Crippen LogP contribution in [0.3, 0.4) is 0 Å². The van der Waals surface area contributed by atoms with Crippen molar-refractivity contribution in [2.75, 3.05) is 12.4 Å². The van der Waals surface area contributed by atoms with Crippen LogP contribution in [0.4, 0.5) is 0 Å². The topological polar surface area (TPSA) is 12.0 Å². The van der Waals surface area contributed by atoms with Crippen LogP contribution >= 0.6 is 11.6 Å². The molecule has 0 aliphatic carbocycles. The molecule has 74 valence electrons. The number of halogens is 1. The van der Waals surface area contributed by atoms with Crippen LogP contribution in [0, 0.1) is 5.92 Å². The molecule has 0 fully saturated rings. The molecule has 0 radical (unpaired) electrons. The first-order valence-corrected chi connectivity index (χ1v) is 5.51. The predicted molar refractivity (Wildman–Crippen MR) is 56.9 cm³/mol. The first-order chi connectivity index (χ1) is 5.68. The molecule has 0 amide bonds. The minimum absolute atomic E-state index is 0.640. The summed E-state index contributed by atoms with van der Waals surface area (Å²) in [5, 5.41) is 3.50. The molecule has 0 heterocycles. The van der Waals surface area contributed by atoms with Crippen LogP contribution in [-0.4, -0.2) is 18.5 Å². The number of hydrogen-bond donors (Lipinski definition) is 1. The van der Waals surface area contributed by atoms with Crippen molar-refractivity contribution in [2.45, 2.75) is 46.1 Å². The van der Waals surface area contributed by atoms with Gasteiger partial charge in [0.15, 0.2) is 0 Å². The van der Waals surface area contributed by atoms with Gasteiger partial charge in [-0.15, -0.1) is 11.6 Å². The maximum atomic E-state index is 5.57. The molecule has 0 rings (SSSR count). The zero-order valence-corrected chi connectivity index (χ0v) is 9.32. The number of rotatable bonds is 7. The zero-order valence-electron chi connectivity index (χ0n) is 8.57. The van der Waals surface area contributed by atoms with Gasteiger partial charge in [0.1, 0.15) is 0 Å². The van der Waals surface area contributed by atoms with E-state index in [0.717, 1.165) is 24.8 Å². The Kier molecular flexibility index (Phi) is 8.04. The number of nitrogens with one attached hydrogen (secondary N) is 1. The molecule has 0 bridgehead atoms. The SMILES string of the molecule is CC(C)[C@@H](C)NCCCCCCl. The Hall–Kier alpha value is 0.250. The van der Waals surface area contributed by atoms with Crippen molar-refractivity contribution in [1.29, 1.82) is 0 Å². The van der Waals surface area contributed by atoms with E-state index in [-0.39, 0.29) is 0 Å². The van der Waals surface area contributed by atoms with Crippen molar-refractivity contribution in [1.82, 2.24) is 5.32 Å². The lowest BCUT2D eigenvalue weighted by Crippen LogP contribution is -2.31. The normalized spacial score (nSPS) is 13.8. The van der Waals surface area contributed by atoms with Gasteiger partial charge in [-0.05, 0) is 32.2 Å². The average molecular weight is 192 g/mol. The summed E-state index contributed by atoms with van der Waals surface area (Å²) < 4.78 is 0. The zero-order chi connectivity index (χ0) is 9.40. The number of alkyl halides is 1. The van der Waals surface area contributed by atoms with Crippen molar-refractivity contribution in [2.24, 2.45) is 5.92 Å². The van der Waals surface area contributed by atoms with Crippen LogP contribution in [0.2, 0.25) is 0 Å². The van der Waals surface area contributed by atoms with Gasteiger partial charge in [-0.25, -0.2) is 0 Å². The Balaban J connectivity index is 3.08. The van der Waals surface area contributed by atoms with E-state index in [1.807, 2.05) is 0 Å². The molecule has 0 unspecified atom stereocenters. The maximum absolute atomic E-state index is 5.57. The molecule has 0 aromatic carbocycles. The molecule has 0 spiro atoms. The summed E-state index contributed by atoms with van der Waals surface area (Å²) in [6.07, 6.45) is 3.66. The van der Waals surface area contributed by atoms with Gasteiger partial charge >= 0.3 is 0 Å². The van der Waals surface area contributed by atoms with E-state index in [4.69, 9.17) is 11.6 Å². The highest BCUT2D eigenvalue weighted by atomic mass is 35.5. The molecule has 0 saturated carbocycles. The fourth-order valence-corrected chi connectivity index (χ4v) is 1.15. The summed E-state index contributed by atoms with van der Waals surface area (Å²) in [5.41, 5.74) is 0. The van der Waals surface area contributed by atoms with Crippen LogP contribution in [-0.2, 0) is 0 Å². The van der Waals surface area contributed by atoms with Gasteiger partial charge in [0, 0.05) is 11.9 Å². The lowest BCUT2D eigenvalue weighted by atomic mass is 10.1. The summed E-state index contributed by atoms with van der Waals surface area (Å²) in [6.45, 7) is 7.87. The molecule has 0 aliphatic rings. The Morgan fingerprint density at radius 2 is 1.75 bits per heavy atom. The quantitative estimate of drug-likeness (QED) is 0.482. The average Bonchev–Trinajstić information content (AvgIpc) is 2.03. The van der Waals surface area contributed by atoms with Gasteiger partial charge < -0.3 is 5.32 Å². The van der Waals surface area contributed by atoms with E-state index in [2.05, 4.69) is 26.1 Å². The minimum Gasteiger partial charge on any atom is -0.314 e. The summed E-state index contributed by atoms with van der Waals surface area (Å²) in [5.74, 6) is 1.54. The van der Waals surface area contributed by atoms with E-state index in [0.29, 0.717) is 6.04 Å². The predicted octanol–water partition coefficient (Wildman–Crippen LogP) is 3.03. The lowest BCUT2D eigenvalue weighted by molar-refractivity contribution is 0.421. The Labute approximate surface area is 81.9 Å². The molecule has 1 atom stereocenters. The Morgan fingerprint density at radius 1 is 1.08 bits per heavy atom. The summed E-state index contributed by atoms with van der Waals surface area (Å²) in [6, 6.07) is 0.640. The van der Waals surface area contributed by atoms with Gasteiger partial charge in [0.2, 0.25) is 0 Å². The van der Waals surface area contributed by atoms with Gasteiger partial charge in [-0.1, -0.05) is 20.3 Å². The molecule has 1 nitrogen and oxygen atoms in total. The molecule has 0 aliphatic heterocycles. The van der Waals surface area contributed by atoms with Crippen molar-refractivity contribution in [3.8, 4) is 0 Å². The van der Waals surface area contributed by atoms with Gasteiger partial charge in [0.05, 0.1) is 0 Å². The van der Waals surface area contributed by atoms with Crippen molar-refractivity contribution in [3.05, 3.63) is 0 Å². The first-order valence-electron chi connectivity index (χ1n) is 4.97. The summed E-state index contributed by atoms with van der Waals surface area (Å²) in [7, 11) is 0. The fourth-order valence-electron chi connectivity index (χ4n) is 0.962. The molecule has 12 heavy (non-hydrogen) atoms. The van der Waals surface area contributed by atoms with Crippen LogP contribution in [0.5, 0.6) is 0 Å². The third kappa shape index (κ3) is 6.93. The molecule has 0 aromatic heterocycles. The van der Waals surface area contributed by atoms with E-state index in [1.54, 1.807) is 0 Å². The summed E-state index contributed by atoms with van der Waals surface area (Å²) >= 11 is 5.57. The first kappa shape index (κ1) is 12.2. The van der Waals surface area contributed by atoms with Gasteiger partial charge in [-0.3, -0.25) is 0 Å². The van der Waals surface area contributed by atoms with Gasteiger partial charge in [0.25, 0.3) is 0 Å². The largest absolute Gasteiger partial charge is 0.314 e. The summed E-state index contributed by atoms with van der Waals surface area (Å²) in [4.78, 5) is 0. The Morgan fingerprint density at radius 3 is 2.25 bits per heavy atom. The molecule has 0 aromatic rings. The highest BCUT2D eigenvalue weighted by Crippen LogP contribution is 2.01. The molecule has 2 heteroatoms. The maximum Gasteiger partial charge on any atom is 0.0223 e. The van der Waals surface area contributed by atoms with E-state index >= 15 is 0 Å². The van der Waals surface area contributed by atoms with E-state index in [9.17, 15) is 0 Å². The van der Waals surface area contributed by atoms with Gasteiger partial charge in [-0.2, -0.15) is 0 Å². The molecular weight excluding hydrogens is 170 g/mol. The van der Waals surface area contributed by atoms with E-state index < -0.39 is 0 Å². The minimum atomic E-state index is 0.640. The highest BCUT2D eigenvalue weighted by Gasteiger charge is 2.04. The van der Waals surface area contributed by atoms with Crippen molar-refractivity contribution in [3.63, 3.8) is 0 Å². The molecular formula is C10H22ClN. The van der Waals surface area contributed by atoms with Crippen LogP contribution < -0.4 is 5.32 Å². The van der Waals surface area contributed by atoms with Crippen LogP contribution in [0.25, 0.3) is 0 Å².